The molecule has 19 heavy (non-hydrogen) atoms. The second kappa shape index (κ2) is 5.21. The first-order valence-electron chi connectivity index (χ1n) is 6.51. The summed E-state index contributed by atoms with van der Waals surface area (Å²) in [5.41, 5.74) is 2.51. The van der Waals surface area contributed by atoms with E-state index < -0.39 is 0 Å². The molecule has 0 aliphatic rings. The molecule has 4 heteroatoms. The summed E-state index contributed by atoms with van der Waals surface area (Å²) in [5.74, 6) is 0. The molecule has 0 fully saturated rings. The third-order valence-corrected chi connectivity index (χ3v) is 3.82. The zero-order chi connectivity index (χ0) is 13.2. The molecule has 98 valence electrons. The third kappa shape index (κ3) is 2.45. The van der Waals surface area contributed by atoms with Gasteiger partial charge in [0.2, 0.25) is 0 Å². The summed E-state index contributed by atoms with van der Waals surface area (Å²) < 4.78 is 5.61. The van der Waals surface area contributed by atoms with Gasteiger partial charge in [0.05, 0.1) is 18.6 Å². The second-order valence-electron chi connectivity index (χ2n) is 4.73. The van der Waals surface area contributed by atoms with E-state index in [1.54, 1.807) is 0 Å². The topological polar surface area (TPSA) is 22.8 Å². The number of aromatic nitrogens is 3. The fraction of sp³-hybridized carbons (Fsp3) is 0.267. The molecule has 0 aliphatic heterocycles. The van der Waals surface area contributed by atoms with Crippen LogP contribution in [0.4, 0.5) is 0 Å². The molecule has 0 atom stereocenters. The van der Waals surface area contributed by atoms with Crippen LogP contribution in [0, 0.1) is 0 Å². The van der Waals surface area contributed by atoms with Crippen molar-refractivity contribution in [2.75, 3.05) is 0 Å². The Balaban J connectivity index is 1.94. The average Bonchev–Trinajstić information content (AvgIpc) is 2.98. The number of fused-ring (bicyclic) bond motifs is 1. The highest BCUT2D eigenvalue weighted by atomic mass is 79.9. The Morgan fingerprint density at radius 1 is 1.21 bits per heavy atom. The number of nitrogens with zero attached hydrogens (tertiary/aromatic N) is 3. The lowest BCUT2D eigenvalue weighted by molar-refractivity contribution is 0.629. The molecule has 0 spiro atoms. The molecule has 0 unspecified atom stereocenters. The molecule has 1 aromatic carbocycles. The van der Waals surface area contributed by atoms with Crippen molar-refractivity contribution in [2.24, 2.45) is 0 Å². The van der Waals surface area contributed by atoms with Gasteiger partial charge in [-0.05, 0) is 30.7 Å². The van der Waals surface area contributed by atoms with E-state index in [4.69, 9.17) is 0 Å². The molecule has 0 radical (unpaired) electrons. The first-order chi connectivity index (χ1) is 9.28. The van der Waals surface area contributed by atoms with E-state index in [1.807, 2.05) is 12.5 Å². The van der Waals surface area contributed by atoms with Gasteiger partial charge in [0, 0.05) is 34.3 Å². The molecule has 0 bridgehead atoms. The van der Waals surface area contributed by atoms with Crippen molar-refractivity contribution in [3.63, 3.8) is 0 Å². The summed E-state index contributed by atoms with van der Waals surface area (Å²) in [6.45, 7) is 4.08. The molecule has 0 saturated heterocycles. The molecule has 3 rings (SSSR count). The van der Waals surface area contributed by atoms with Gasteiger partial charge in [-0.15, -0.1) is 0 Å². The van der Waals surface area contributed by atoms with Crippen molar-refractivity contribution in [2.45, 2.75) is 26.4 Å². The van der Waals surface area contributed by atoms with Crippen molar-refractivity contribution in [3.8, 4) is 0 Å². The summed E-state index contributed by atoms with van der Waals surface area (Å²) >= 11 is 3.51. The fourth-order valence-electron chi connectivity index (χ4n) is 2.41. The number of hydrogen-bond donors (Lipinski definition) is 0. The Kier molecular flexibility index (Phi) is 3.42. The van der Waals surface area contributed by atoms with Crippen molar-refractivity contribution in [1.29, 1.82) is 0 Å². The quantitative estimate of drug-likeness (QED) is 0.711. The van der Waals surface area contributed by atoms with Gasteiger partial charge >= 0.3 is 0 Å². The Morgan fingerprint density at radius 3 is 2.95 bits per heavy atom. The van der Waals surface area contributed by atoms with E-state index in [9.17, 15) is 0 Å². The van der Waals surface area contributed by atoms with Gasteiger partial charge in [-0.2, -0.15) is 0 Å². The van der Waals surface area contributed by atoms with Crippen LogP contribution in [0.1, 0.15) is 19.0 Å². The normalized spacial score (nSPS) is 11.3. The minimum Gasteiger partial charge on any atom is -0.341 e. The molecule has 2 aromatic heterocycles. The molecule has 3 aromatic rings. The van der Waals surface area contributed by atoms with Crippen molar-refractivity contribution in [3.05, 3.63) is 53.2 Å². The van der Waals surface area contributed by atoms with Crippen molar-refractivity contribution >= 4 is 26.8 Å². The standard InChI is InChI=1S/C15H16BrN3/c1-2-6-19-11-17-9-14(19)10-18-7-5-12-8-13(16)3-4-15(12)18/h3-5,7-9,11H,2,6,10H2,1H3. The summed E-state index contributed by atoms with van der Waals surface area (Å²) in [6, 6.07) is 8.54. The van der Waals surface area contributed by atoms with E-state index in [2.05, 4.69) is 67.4 Å². The van der Waals surface area contributed by atoms with Crippen LogP contribution in [0.3, 0.4) is 0 Å². The number of benzene rings is 1. The highest BCUT2D eigenvalue weighted by Crippen LogP contribution is 2.21. The smallest absolute Gasteiger partial charge is 0.0948 e. The van der Waals surface area contributed by atoms with Gasteiger partial charge in [-0.3, -0.25) is 0 Å². The monoisotopic (exact) mass is 317 g/mol. The maximum absolute atomic E-state index is 4.26. The van der Waals surface area contributed by atoms with E-state index in [-0.39, 0.29) is 0 Å². The molecule has 0 amide bonds. The van der Waals surface area contributed by atoms with Crippen molar-refractivity contribution < 1.29 is 0 Å². The average molecular weight is 318 g/mol. The summed E-state index contributed by atoms with van der Waals surface area (Å²) in [4.78, 5) is 4.26. The first kappa shape index (κ1) is 12.5. The van der Waals surface area contributed by atoms with Crippen LogP contribution in [0.2, 0.25) is 0 Å². The van der Waals surface area contributed by atoms with Crippen LogP contribution in [0.25, 0.3) is 10.9 Å². The number of hydrogen-bond acceptors (Lipinski definition) is 1. The molecular formula is C15H16BrN3. The van der Waals surface area contributed by atoms with E-state index >= 15 is 0 Å². The zero-order valence-corrected chi connectivity index (χ0v) is 12.5. The molecule has 2 heterocycles. The molecule has 0 saturated carbocycles. The van der Waals surface area contributed by atoms with Gasteiger partial charge < -0.3 is 9.13 Å². The van der Waals surface area contributed by atoms with E-state index in [0.29, 0.717) is 0 Å². The maximum atomic E-state index is 4.26. The third-order valence-electron chi connectivity index (χ3n) is 3.33. The summed E-state index contributed by atoms with van der Waals surface area (Å²) in [6.07, 6.45) is 7.14. The number of halogens is 1. The van der Waals surface area contributed by atoms with Crippen LogP contribution in [-0.4, -0.2) is 14.1 Å². The van der Waals surface area contributed by atoms with Gasteiger partial charge in [-0.1, -0.05) is 22.9 Å². The van der Waals surface area contributed by atoms with Crippen LogP contribution in [0.15, 0.2) is 47.5 Å². The minimum absolute atomic E-state index is 0.866. The van der Waals surface area contributed by atoms with E-state index in [0.717, 1.165) is 24.0 Å². The fourth-order valence-corrected chi connectivity index (χ4v) is 2.78. The Labute approximate surface area is 121 Å². The van der Waals surface area contributed by atoms with Crippen LogP contribution < -0.4 is 0 Å². The summed E-state index contributed by atoms with van der Waals surface area (Å²) in [5, 5.41) is 1.26. The maximum Gasteiger partial charge on any atom is 0.0948 e. The lowest BCUT2D eigenvalue weighted by atomic mass is 10.2. The highest BCUT2D eigenvalue weighted by Gasteiger charge is 2.05. The number of imidazole rings is 1. The van der Waals surface area contributed by atoms with Crippen LogP contribution in [-0.2, 0) is 13.1 Å². The highest BCUT2D eigenvalue weighted by molar-refractivity contribution is 9.10. The van der Waals surface area contributed by atoms with Gasteiger partial charge in [-0.25, -0.2) is 4.98 Å². The molecular weight excluding hydrogens is 302 g/mol. The lowest BCUT2D eigenvalue weighted by Gasteiger charge is -2.09. The molecule has 3 nitrogen and oxygen atoms in total. The lowest BCUT2D eigenvalue weighted by Crippen LogP contribution is -2.06. The predicted molar refractivity (Wildman–Crippen MR) is 81.3 cm³/mol. The Morgan fingerprint density at radius 2 is 2.11 bits per heavy atom. The minimum atomic E-state index is 0.866. The largest absolute Gasteiger partial charge is 0.341 e. The van der Waals surface area contributed by atoms with Gasteiger partial charge in [0.1, 0.15) is 0 Å². The second-order valence-corrected chi connectivity index (χ2v) is 5.64. The Hall–Kier alpha value is -1.55. The SMILES string of the molecule is CCCn1cncc1Cn1ccc2cc(Br)ccc21. The van der Waals surface area contributed by atoms with E-state index in [1.165, 1.54) is 16.6 Å². The predicted octanol–water partition coefficient (Wildman–Crippen LogP) is 4.06. The zero-order valence-electron chi connectivity index (χ0n) is 10.9. The first-order valence-corrected chi connectivity index (χ1v) is 7.30. The van der Waals surface area contributed by atoms with Gasteiger partial charge in [0.15, 0.2) is 0 Å². The summed E-state index contributed by atoms with van der Waals surface area (Å²) in [7, 11) is 0. The van der Waals surface area contributed by atoms with Crippen LogP contribution >= 0.6 is 15.9 Å². The van der Waals surface area contributed by atoms with Gasteiger partial charge in [0.25, 0.3) is 0 Å². The van der Waals surface area contributed by atoms with Crippen molar-refractivity contribution in [1.82, 2.24) is 14.1 Å². The molecule has 0 N–H and O–H groups in total. The number of rotatable bonds is 4. The number of aryl methyl sites for hydroxylation is 1. The van der Waals surface area contributed by atoms with Crippen LogP contribution in [0.5, 0.6) is 0 Å². The molecule has 0 aliphatic carbocycles. The Bertz CT molecular complexity index is 696.